The van der Waals surface area contributed by atoms with Gasteiger partial charge in [0.25, 0.3) is 10.0 Å². The second-order valence-electron chi connectivity index (χ2n) is 4.22. The zero-order chi connectivity index (χ0) is 15.5. The van der Waals surface area contributed by atoms with Crippen molar-refractivity contribution >= 4 is 21.6 Å². The number of nitrogens with one attached hydrogen (secondary N) is 1. The fourth-order valence-corrected chi connectivity index (χ4v) is 2.73. The molecule has 21 heavy (non-hydrogen) atoms. The Morgan fingerprint density at radius 1 is 1.14 bits per heavy atom. The molecule has 0 aliphatic carbocycles. The Hall–Kier alpha value is -2.78. The van der Waals surface area contributed by atoms with Crippen LogP contribution in [0.2, 0.25) is 0 Å². The summed E-state index contributed by atoms with van der Waals surface area (Å²) in [5.41, 5.74) is 6.28. The number of hydrogen-bond donors (Lipinski definition) is 2. The number of anilines is 1. The van der Waals surface area contributed by atoms with E-state index in [1.165, 1.54) is 24.3 Å². The van der Waals surface area contributed by atoms with Crippen LogP contribution in [-0.2, 0) is 10.0 Å². The molecule has 0 fully saturated rings. The number of terminal acetylenes is 1. The van der Waals surface area contributed by atoms with E-state index in [2.05, 4.69) is 10.6 Å². The Morgan fingerprint density at radius 2 is 1.81 bits per heavy atom. The minimum absolute atomic E-state index is 0.0265. The summed E-state index contributed by atoms with van der Waals surface area (Å²) in [4.78, 5) is 11.0. The number of sulfonamides is 1. The Bertz CT molecular complexity index is 819. The van der Waals surface area contributed by atoms with Crippen LogP contribution in [0.4, 0.5) is 5.69 Å². The van der Waals surface area contributed by atoms with Crippen LogP contribution in [0.3, 0.4) is 0 Å². The molecule has 0 spiro atoms. The van der Waals surface area contributed by atoms with Crippen LogP contribution in [0.25, 0.3) is 0 Å². The Morgan fingerprint density at radius 3 is 2.38 bits per heavy atom. The Labute approximate surface area is 122 Å². The second-order valence-corrected chi connectivity index (χ2v) is 5.90. The average Bonchev–Trinajstić information content (AvgIpc) is 2.47. The molecule has 6 heteroatoms. The standard InChI is InChI=1S/C15H12N2O3S/c1-2-11-4-3-5-13(10-11)17-21(19,20)14-8-6-12(7-9-14)15(16)18/h1,3-10,17H,(H2,16,18). The monoisotopic (exact) mass is 300 g/mol. The van der Waals surface area contributed by atoms with Gasteiger partial charge in [-0.05, 0) is 42.5 Å². The van der Waals surface area contributed by atoms with E-state index in [0.29, 0.717) is 11.3 Å². The lowest BCUT2D eigenvalue weighted by Crippen LogP contribution is -2.14. The number of nitrogens with two attached hydrogens (primary N) is 1. The number of rotatable bonds is 4. The van der Waals surface area contributed by atoms with Crippen molar-refractivity contribution in [3.8, 4) is 12.3 Å². The molecule has 2 rings (SSSR count). The Kier molecular flexibility index (Phi) is 3.96. The molecule has 0 aromatic heterocycles. The van der Waals surface area contributed by atoms with Crippen molar-refractivity contribution < 1.29 is 13.2 Å². The minimum Gasteiger partial charge on any atom is -0.366 e. The molecule has 2 aromatic rings. The van der Waals surface area contributed by atoms with Crippen LogP contribution in [-0.4, -0.2) is 14.3 Å². The molecule has 106 valence electrons. The first-order valence-electron chi connectivity index (χ1n) is 5.92. The van der Waals surface area contributed by atoms with Crippen LogP contribution >= 0.6 is 0 Å². The van der Waals surface area contributed by atoms with Crippen molar-refractivity contribution in [2.24, 2.45) is 5.73 Å². The molecule has 2 aromatic carbocycles. The highest BCUT2D eigenvalue weighted by molar-refractivity contribution is 7.92. The van der Waals surface area contributed by atoms with Crippen LogP contribution in [0.15, 0.2) is 53.4 Å². The Balaban J connectivity index is 2.29. The molecular weight excluding hydrogens is 288 g/mol. The summed E-state index contributed by atoms with van der Waals surface area (Å²) in [7, 11) is -3.75. The largest absolute Gasteiger partial charge is 0.366 e. The molecule has 0 bridgehead atoms. The van der Waals surface area contributed by atoms with Gasteiger partial charge in [-0.1, -0.05) is 12.0 Å². The molecule has 1 amide bonds. The third-order valence-corrected chi connectivity index (χ3v) is 4.13. The quantitative estimate of drug-likeness (QED) is 0.840. The summed E-state index contributed by atoms with van der Waals surface area (Å²) in [5.74, 6) is 1.81. The third-order valence-electron chi connectivity index (χ3n) is 2.73. The number of carbonyl (C=O) groups is 1. The van der Waals surface area contributed by atoms with Crippen LogP contribution in [0.5, 0.6) is 0 Å². The van der Waals surface area contributed by atoms with Gasteiger partial charge in [0.15, 0.2) is 0 Å². The highest BCUT2D eigenvalue weighted by Gasteiger charge is 2.14. The van der Waals surface area contributed by atoms with Gasteiger partial charge in [0.1, 0.15) is 0 Å². The molecule has 0 aliphatic heterocycles. The molecular formula is C15H12N2O3S. The van der Waals surface area contributed by atoms with Crippen molar-refractivity contribution in [3.63, 3.8) is 0 Å². The fourth-order valence-electron chi connectivity index (χ4n) is 1.68. The maximum Gasteiger partial charge on any atom is 0.261 e. The minimum atomic E-state index is -3.75. The average molecular weight is 300 g/mol. The van der Waals surface area contributed by atoms with E-state index in [0.717, 1.165) is 0 Å². The van der Waals surface area contributed by atoms with Gasteiger partial charge in [-0.2, -0.15) is 0 Å². The summed E-state index contributed by atoms with van der Waals surface area (Å²) in [6.07, 6.45) is 5.27. The van der Waals surface area contributed by atoms with Crippen LogP contribution in [0.1, 0.15) is 15.9 Å². The van der Waals surface area contributed by atoms with Gasteiger partial charge in [0.05, 0.1) is 10.6 Å². The smallest absolute Gasteiger partial charge is 0.261 e. The van der Waals surface area contributed by atoms with E-state index in [9.17, 15) is 13.2 Å². The molecule has 5 nitrogen and oxygen atoms in total. The van der Waals surface area contributed by atoms with E-state index in [-0.39, 0.29) is 10.5 Å². The molecule has 0 saturated carbocycles. The summed E-state index contributed by atoms with van der Waals surface area (Å²) in [5, 5.41) is 0. The first-order valence-corrected chi connectivity index (χ1v) is 7.40. The first kappa shape index (κ1) is 14.6. The number of hydrogen-bond acceptors (Lipinski definition) is 3. The van der Waals surface area contributed by atoms with Gasteiger partial charge >= 0.3 is 0 Å². The van der Waals surface area contributed by atoms with E-state index in [1.807, 2.05) is 0 Å². The van der Waals surface area contributed by atoms with Gasteiger partial charge < -0.3 is 5.73 Å². The van der Waals surface area contributed by atoms with Gasteiger partial charge in [-0.15, -0.1) is 6.42 Å². The highest BCUT2D eigenvalue weighted by Crippen LogP contribution is 2.17. The summed E-state index contributed by atoms with van der Waals surface area (Å²) in [6.45, 7) is 0. The lowest BCUT2D eigenvalue weighted by atomic mass is 10.2. The zero-order valence-corrected chi connectivity index (χ0v) is 11.7. The van der Waals surface area contributed by atoms with E-state index < -0.39 is 15.9 Å². The SMILES string of the molecule is C#Cc1cccc(NS(=O)(=O)c2ccc(C(N)=O)cc2)c1. The predicted octanol–water partition coefficient (Wildman–Crippen LogP) is 1.57. The fraction of sp³-hybridized carbons (Fsp3) is 0. The van der Waals surface area contributed by atoms with Crippen LogP contribution in [0, 0.1) is 12.3 Å². The third kappa shape index (κ3) is 3.41. The van der Waals surface area contributed by atoms with Crippen molar-refractivity contribution in [1.29, 1.82) is 0 Å². The van der Waals surface area contributed by atoms with E-state index in [4.69, 9.17) is 12.2 Å². The normalized spacial score (nSPS) is 10.6. The summed E-state index contributed by atoms with van der Waals surface area (Å²) in [6, 6.07) is 11.8. The molecule has 3 N–H and O–H groups in total. The lowest BCUT2D eigenvalue weighted by molar-refractivity contribution is 0.1000. The van der Waals surface area contributed by atoms with Crippen LogP contribution < -0.4 is 10.5 Å². The number of primary amides is 1. The molecule has 0 saturated heterocycles. The molecule has 0 unspecified atom stereocenters. The van der Waals surface area contributed by atoms with Crippen molar-refractivity contribution in [3.05, 3.63) is 59.7 Å². The van der Waals surface area contributed by atoms with Crippen molar-refractivity contribution in [1.82, 2.24) is 0 Å². The highest BCUT2D eigenvalue weighted by atomic mass is 32.2. The number of amides is 1. The topological polar surface area (TPSA) is 89.3 Å². The lowest BCUT2D eigenvalue weighted by Gasteiger charge is -2.08. The van der Waals surface area contributed by atoms with E-state index >= 15 is 0 Å². The molecule has 0 radical (unpaired) electrons. The molecule has 0 heterocycles. The van der Waals surface area contributed by atoms with Crippen molar-refractivity contribution in [2.45, 2.75) is 4.90 Å². The maximum atomic E-state index is 12.2. The predicted molar refractivity (Wildman–Crippen MR) is 80.1 cm³/mol. The zero-order valence-electron chi connectivity index (χ0n) is 10.9. The first-order chi connectivity index (χ1) is 9.92. The van der Waals surface area contributed by atoms with E-state index in [1.54, 1.807) is 24.3 Å². The van der Waals surface area contributed by atoms with Gasteiger partial charge in [-0.25, -0.2) is 8.42 Å². The van der Waals surface area contributed by atoms with Gasteiger partial charge in [0.2, 0.25) is 5.91 Å². The van der Waals surface area contributed by atoms with Gasteiger partial charge in [-0.3, -0.25) is 9.52 Å². The number of benzene rings is 2. The maximum absolute atomic E-state index is 12.2. The van der Waals surface area contributed by atoms with Crippen molar-refractivity contribution in [2.75, 3.05) is 4.72 Å². The van der Waals surface area contributed by atoms with Gasteiger partial charge in [0, 0.05) is 11.1 Å². The molecule has 0 aliphatic rings. The molecule has 0 atom stereocenters. The summed E-state index contributed by atoms with van der Waals surface area (Å²) >= 11 is 0. The summed E-state index contributed by atoms with van der Waals surface area (Å²) < 4.78 is 26.8. The number of carbonyl (C=O) groups excluding carboxylic acids is 1. The second kappa shape index (κ2) is 5.69.